The maximum atomic E-state index is 18.0. The van der Waals surface area contributed by atoms with E-state index in [-0.39, 0.29) is 54.6 Å². The summed E-state index contributed by atoms with van der Waals surface area (Å²) >= 11 is 0. The van der Waals surface area contributed by atoms with Crippen LogP contribution >= 0.6 is 0 Å². The summed E-state index contributed by atoms with van der Waals surface area (Å²) in [6.45, 7) is 8.77. The Bertz CT molecular complexity index is 2750. The molecule has 2 bridgehead atoms. The van der Waals surface area contributed by atoms with E-state index >= 15 is 30.7 Å². The summed E-state index contributed by atoms with van der Waals surface area (Å²) in [6, 6.07) is 11.7. The molecule has 14 nitrogen and oxygen atoms in total. The molecule has 21 heteroatoms. The number of rotatable bonds is 10. The number of nitrogens with zero attached hydrogens (tertiary/aromatic N) is 9. The van der Waals surface area contributed by atoms with E-state index in [0.29, 0.717) is 31.0 Å². The molecule has 9 rings (SSSR count). The molecule has 3 fully saturated rings. The quantitative estimate of drug-likeness (QED) is 0.124. The molecular weight excluding hydrogens is 928 g/mol. The van der Waals surface area contributed by atoms with Gasteiger partial charge in [0.15, 0.2) is 5.82 Å². The predicted molar refractivity (Wildman–Crippen MR) is 247 cm³/mol. The molecule has 0 spiro atoms. The van der Waals surface area contributed by atoms with Crippen LogP contribution in [-0.4, -0.2) is 125 Å². The van der Waals surface area contributed by atoms with E-state index in [4.69, 9.17) is 23.9 Å². The van der Waals surface area contributed by atoms with Gasteiger partial charge in [0.2, 0.25) is 17.9 Å². The molecule has 4 aliphatic rings. The van der Waals surface area contributed by atoms with Crippen LogP contribution in [0.4, 0.5) is 53.1 Å². The van der Waals surface area contributed by atoms with Gasteiger partial charge in [0.25, 0.3) is 0 Å². The molecule has 374 valence electrons. The molecule has 5 aromatic rings. The summed E-state index contributed by atoms with van der Waals surface area (Å²) in [4.78, 5) is 40.1. The summed E-state index contributed by atoms with van der Waals surface area (Å²) in [6.07, 6.45) is -13.4. The minimum Gasteiger partial charge on any atom is -0.497 e. The summed E-state index contributed by atoms with van der Waals surface area (Å²) in [5.74, 6) is -1.22. The van der Waals surface area contributed by atoms with E-state index < -0.39 is 88.0 Å². The highest BCUT2D eigenvalue weighted by Gasteiger charge is 2.61. The minimum absolute atomic E-state index is 0.0172. The fraction of sp³-hybridized carbons (Fsp3) is 0.490. The molecule has 1 amide bonds. The zero-order valence-corrected chi connectivity index (χ0v) is 40.2. The monoisotopic (exact) mass is 981 g/mol. The highest BCUT2D eigenvalue weighted by atomic mass is 19.4. The first kappa shape index (κ1) is 48.6. The molecule has 3 saturated heterocycles. The first-order valence-electron chi connectivity index (χ1n) is 22.8. The molecule has 0 saturated carbocycles. The number of aromatic nitrogens is 4. The number of anilines is 3. The van der Waals surface area contributed by atoms with Crippen molar-refractivity contribution in [3.8, 4) is 28.6 Å². The number of hydrogen-bond acceptors (Lipinski definition) is 13. The maximum absolute atomic E-state index is 18.0. The molecule has 70 heavy (non-hydrogen) atoms. The van der Waals surface area contributed by atoms with Crippen LogP contribution in [0.3, 0.4) is 0 Å². The van der Waals surface area contributed by atoms with E-state index in [0.717, 1.165) is 24.1 Å². The molecule has 0 radical (unpaired) electrons. The van der Waals surface area contributed by atoms with E-state index in [1.807, 2.05) is 25.9 Å². The largest absolute Gasteiger partial charge is 0.497 e. The van der Waals surface area contributed by atoms with Crippen molar-refractivity contribution in [3.05, 3.63) is 82.8 Å². The second-order valence-corrected chi connectivity index (χ2v) is 19.8. The Kier molecular flexibility index (Phi) is 12.1. The van der Waals surface area contributed by atoms with Crippen LogP contribution in [0.15, 0.2) is 54.6 Å². The molecule has 4 atom stereocenters. The second kappa shape index (κ2) is 17.5. The highest BCUT2D eigenvalue weighted by molar-refractivity contribution is 5.98. The third-order valence-corrected chi connectivity index (χ3v) is 13.7. The van der Waals surface area contributed by atoms with E-state index in [1.165, 1.54) is 24.0 Å². The van der Waals surface area contributed by atoms with E-state index in [2.05, 4.69) is 15.0 Å². The average Bonchev–Trinajstić information content (AvgIpc) is 3.52. The number of carbonyl (C=O) groups excluding carboxylic acids is 1. The number of pyridine rings is 2. The zero-order valence-electron chi connectivity index (χ0n) is 40.2. The van der Waals surface area contributed by atoms with Crippen molar-refractivity contribution in [2.45, 2.75) is 108 Å². The number of aryl methyl sites for hydroxylation is 1. The molecule has 7 heterocycles. The Hall–Kier alpha value is -6.38. The summed E-state index contributed by atoms with van der Waals surface area (Å²) in [5.41, 5.74) is -4.15. The van der Waals surface area contributed by atoms with Crippen molar-refractivity contribution < 1.29 is 54.5 Å². The van der Waals surface area contributed by atoms with Crippen LogP contribution in [0, 0.1) is 12.7 Å². The standard InChI is InChI=1S/C49H54F7N9O5/c1-26-36(48(51,52)53)32(20-34(57-26)62(21-27-10-15-30(67-8)16-11-27)22-28-12-17-31(68-9)18-13-28)38-37(50)39-35-42(60-44(59-39)63-24-47(5,25-63)61(6)7)64-23-29-14-19-33(65(29)45(66)70-46(2,3)4)40(64)41(49(54,55)56)69-43(35)58-38/h10-13,15-18,20,29,33,40-41H,14,19,21-25H2,1-9H3/t29-,33+,40+,41-/m1/s1. The van der Waals surface area contributed by atoms with Crippen LogP contribution in [-0.2, 0) is 24.0 Å². The van der Waals surface area contributed by atoms with Gasteiger partial charge in [-0.15, -0.1) is 0 Å². The SMILES string of the molecule is COc1ccc(CN(Cc2ccc(OC)cc2)c2cc(-c3nc4c5c(nc(N6CC(C)(N(C)C)C6)nc5c3F)N3C[C@H]5CC[C@@H]([C@H]3[C@H](C(F)(F)F)O4)N5C(=O)OC(C)(C)C)c(C(F)(F)F)c(C)n2)cc1. The number of piperazine rings is 1. The maximum Gasteiger partial charge on any atom is 0.427 e. The van der Waals surface area contributed by atoms with Gasteiger partial charge >= 0.3 is 18.4 Å². The number of likely N-dealkylation sites (N-methyl/N-ethyl adjacent to an activating group) is 1. The zero-order chi connectivity index (χ0) is 50.4. The van der Waals surface area contributed by atoms with Gasteiger partial charge < -0.3 is 38.5 Å². The molecule has 0 N–H and O–H groups in total. The van der Waals surface area contributed by atoms with Crippen LogP contribution in [0.25, 0.3) is 22.2 Å². The van der Waals surface area contributed by atoms with Gasteiger partial charge in [-0.3, -0.25) is 4.90 Å². The number of amides is 1. The van der Waals surface area contributed by atoms with Gasteiger partial charge in [0, 0.05) is 38.3 Å². The van der Waals surface area contributed by atoms with Gasteiger partial charge in [-0.05, 0) is 103 Å². The first-order valence-corrected chi connectivity index (χ1v) is 22.8. The smallest absolute Gasteiger partial charge is 0.427 e. The van der Waals surface area contributed by atoms with Gasteiger partial charge in [-0.2, -0.15) is 31.3 Å². The third-order valence-electron chi connectivity index (χ3n) is 13.7. The lowest BCUT2D eigenvalue weighted by atomic mass is 9.91. The Labute approximate surface area is 400 Å². The van der Waals surface area contributed by atoms with Crippen molar-refractivity contribution in [3.63, 3.8) is 0 Å². The predicted octanol–water partition coefficient (Wildman–Crippen LogP) is 9.20. The second-order valence-electron chi connectivity index (χ2n) is 19.8. The summed E-state index contributed by atoms with van der Waals surface area (Å²) in [5, 5.41) is -0.344. The fourth-order valence-corrected chi connectivity index (χ4v) is 10.0. The molecule has 2 aromatic carbocycles. The molecule has 0 aliphatic carbocycles. The van der Waals surface area contributed by atoms with E-state index in [9.17, 15) is 4.79 Å². The number of methoxy groups -OCH3 is 2. The number of halogens is 7. The van der Waals surface area contributed by atoms with Crippen LogP contribution in [0.1, 0.15) is 62.9 Å². The Morgan fingerprint density at radius 3 is 2.00 bits per heavy atom. The molecular formula is C49H54F7N9O5. The number of benzene rings is 2. The lowest BCUT2D eigenvalue weighted by Gasteiger charge is -2.52. The molecule has 0 unspecified atom stereocenters. The van der Waals surface area contributed by atoms with Crippen LogP contribution in [0.2, 0.25) is 0 Å². The minimum atomic E-state index is -5.16. The number of hydrogen-bond donors (Lipinski definition) is 0. The topological polar surface area (TPSA) is 122 Å². The number of ether oxygens (including phenoxy) is 4. The number of alkyl halides is 6. The fourth-order valence-electron chi connectivity index (χ4n) is 10.0. The van der Waals surface area contributed by atoms with Crippen LogP contribution < -0.4 is 28.9 Å². The first-order chi connectivity index (χ1) is 32.9. The Morgan fingerprint density at radius 1 is 0.871 bits per heavy atom. The molecule has 4 aliphatic heterocycles. The van der Waals surface area contributed by atoms with Crippen molar-refractivity contribution in [2.75, 3.05) is 62.6 Å². The summed E-state index contributed by atoms with van der Waals surface area (Å²) < 4.78 is 134. The number of fused-ring (bicyclic) bond motifs is 5. The van der Waals surface area contributed by atoms with Gasteiger partial charge in [-0.25, -0.2) is 24.1 Å². The normalized spacial score (nSPS) is 20.7. The van der Waals surface area contributed by atoms with Crippen molar-refractivity contribution in [1.82, 2.24) is 29.7 Å². The summed E-state index contributed by atoms with van der Waals surface area (Å²) in [7, 11) is 6.79. The lowest BCUT2D eigenvalue weighted by Crippen LogP contribution is -2.68. The van der Waals surface area contributed by atoms with Crippen molar-refractivity contribution in [1.29, 1.82) is 0 Å². The lowest BCUT2D eigenvalue weighted by molar-refractivity contribution is -0.206. The Morgan fingerprint density at radius 2 is 1.47 bits per heavy atom. The van der Waals surface area contributed by atoms with Gasteiger partial charge in [0.05, 0.1) is 49.1 Å². The van der Waals surface area contributed by atoms with Gasteiger partial charge in [-0.1, -0.05) is 24.3 Å². The average molecular weight is 982 g/mol. The third kappa shape index (κ3) is 8.89. The van der Waals surface area contributed by atoms with Crippen LogP contribution in [0.5, 0.6) is 17.4 Å². The highest BCUT2D eigenvalue weighted by Crippen LogP contribution is 2.51. The molecule has 3 aromatic heterocycles. The van der Waals surface area contributed by atoms with Crippen molar-refractivity contribution in [2.24, 2.45) is 0 Å². The number of carbonyl (C=O) groups is 1. The van der Waals surface area contributed by atoms with E-state index in [1.54, 1.807) is 79.1 Å². The van der Waals surface area contributed by atoms with Gasteiger partial charge in [0.1, 0.15) is 45.3 Å². The Balaban J connectivity index is 1.26. The van der Waals surface area contributed by atoms with Crippen molar-refractivity contribution >= 4 is 34.6 Å².